The van der Waals surface area contributed by atoms with E-state index in [1.807, 2.05) is 25.4 Å². The van der Waals surface area contributed by atoms with Gasteiger partial charge in [0.25, 0.3) is 5.56 Å². The topological polar surface area (TPSA) is 102 Å². The maximum atomic E-state index is 12.8. The molecule has 0 spiro atoms. The van der Waals surface area contributed by atoms with Gasteiger partial charge in [0.05, 0.1) is 28.5 Å². The first-order valence-corrected chi connectivity index (χ1v) is 10.2. The van der Waals surface area contributed by atoms with Gasteiger partial charge < -0.3 is 9.40 Å². The number of thioether (sulfide) groups is 1. The average Bonchev–Trinajstić information content (AvgIpc) is 3.42. The fourth-order valence-corrected chi connectivity index (χ4v) is 4.90. The number of aryl methyl sites for hydroxylation is 1. The number of hydrogen-bond donors (Lipinski definition) is 1. The van der Waals surface area contributed by atoms with Crippen LogP contribution in [-0.4, -0.2) is 29.7 Å². The largest absolute Gasteiger partial charge is 0.464 e. The van der Waals surface area contributed by atoms with Gasteiger partial charge in [0, 0.05) is 18.0 Å². The quantitative estimate of drug-likeness (QED) is 0.355. The van der Waals surface area contributed by atoms with Gasteiger partial charge in [0.15, 0.2) is 5.65 Å². The van der Waals surface area contributed by atoms with Crippen molar-refractivity contribution >= 4 is 44.3 Å². The van der Waals surface area contributed by atoms with Crippen LogP contribution in [0.15, 0.2) is 50.5 Å². The van der Waals surface area contributed by atoms with Gasteiger partial charge in [0.1, 0.15) is 27.8 Å². The highest BCUT2D eigenvalue weighted by Crippen LogP contribution is 2.36. The molecule has 8 nitrogen and oxygen atoms in total. The summed E-state index contributed by atoms with van der Waals surface area (Å²) in [6, 6.07) is 3.63. The Morgan fingerprint density at radius 3 is 3.07 bits per heavy atom. The first-order valence-electron chi connectivity index (χ1n) is 8.46. The molecule has 0 amide bonds. The summed E-state index contributed by atoms with van der Waals surface area (Å²) < 4.78 is 7.15. The van der Waals surface area contributed by atoms with Crippen molar-refractivity contribution < 1.29 is 4.42 Å². The summed E-state index contributed by atoms with van der Waals surface area (Å²) in [7, 11) is 1.84. The van der Waals surface area contributed by atoms with Crippen molar-refractivity contribution in [3.8, 4) is 11.3 Å². The van der Waals surface area contributed by atoms with Gasteiger partial charge in [-0.15, -0.1) is 11.3 Å². The number of thiophene rings is 1. The SMILES string of the molecule is CC(Sc1ncnc2c1cnn2C)c1nc2scc(-c3ccco3)c2c(=O)[nH]1. The zero-order valence-corrected chi connectivity index (χ0v) is 16.5. The zero-order chi connectivity index (χ0) is 19.3. The van der Waals surface area contributed by atoms with Crippen molar-refractivity contribution in [1.29, 1.82) is 0 Å². The molecule has 0 bridgehead atoms. The molecule has 0 aliphatic carbocycles. The second kappa shape index (κ2) is 6.57. The van der Waals surface area contributed by atoms with E-state index in [0.717, 1.165) is 21.6 Å². The normalized spacial score (nSPS) is 12.8. The highest BCUT2D eigenvalue weighted by molar-refractivity contribution is 7.99. The monoisotopic (exact) mass is 410 g/mol. The Morgan fingerprint density at radius 2 is 2.25 bits per heavy atom. The summed E-state index contributed by atoms with van der Waals surface area (Å²) in [5, 5.41) is 8.26. The van der Waals surface area contributed by atoms with Crippen LogP contribution in [0.25, 0.3) is 32.6 Å². The van der Waals surface area contributed by atoms with Gasteiger partial charge >= 0.3 is 0 Å². The van der Waals surface area contributed by atoms with Crippen LogP contribution in [0, 0.1) is 0 Å². The molecule has 0 aromatic carbocycles. The Bertz CT molecular complexity index is 1350. The van der Waals surface area contributed by atoms with Crippen molar-refractivity contribution in [3.05, 3.63) is 52.5 Å². The fraction of sp³-hybridized carbons (Fsp3) is 0.167. The summed E-state index contributed by atoms with van der Waals surface area (Å²) in [6.07, 6.45) is 4.86. The Hall–Kier alpha value is -2.98. The van der Waals surface area contributed by atoms with Gasteiger partial charge in [0.2, 0.25) is 0 Å². The molecule has 28 heavy (non-hydrogen) atoms. The van der Waals surface area contributed by atoms with E-state index in [4.69, 9.17) is 4.42 Å². The number of nitrogens with zero attached hydrogens (tertiary/aromatic N) is 5. The third-order valence-corrected chi connectivity index (χ3v) is 6.41. The van der Waals surface area contributed by atoms with Gasteiger partial charge in [-0.2, -0.15) is 5.10 Å². The molecule has 0 aliphatic rings. The van der Waals surface area contributed by atoms with E-state index < -0.39 is 0 Å². The van der Waals surface area contributed by atoms with Gasteiger partial charge in [-0.25, -0.2) is 15.0 Å². The molecule has 1 N–H and O–H groups in total. The number of H-pyrrole nitrogens is 1. The fourth-order valence-electron chi connectivity index (χ4n) is 3.03. The van der Waals surface area contributed by atoms with Gasteiger partial charge in [-0.1, -0.05) is 11.8 Å². The highest BCUT2D eigenvalue weighted by Gasteiger charge is 2.19. The minimum atomic E-state index is -0.172. The van der Waals surface area contributed by atoms with Crippen molar-refractivity contribution in [1.82, 2.24) is 29.7 Å². The summed E-state index contributed by atoms with van der Waals surface area (Å²) in [5.74, 6) is 1.26. The van der Waals surface area contributed by atoms with Crippen molar-refractivity contribution in [3.63, 3.8) is 0 Å². The zero-order valence-electron chi connectivity index (χ0n) is 14.9. The van der Waals surface area contributed by atoms with Crippen LogP contribution in [0.3, 0.4) is 0 Å². The minimum absolute atomic E-state index is 0.107. The van der Waals surface area contributed by atoms with Gasteiger partial charge in [-0.05, 0) is 19.1 Å². The smallest absolute Gasteiger partial charge is 0.260 e. The molecule has 140 valence electrons. The lowest BCUT2D eigenvalue weighted by atomic mass is 10.2. The van der Waals surface area contributed by atoms with Crippen molar-refractivity contribution in [2.75, 3.05) is 0 Å². The van der Waals surface area contributed by atoms with Crippen LogP contribution in [0.1, 0.15) is 18.0 Å². The van der Waals surface area contributed by atoms with Crippen LogP contribution in [-0.2, 0) is 7.05 Å². The highest BCUT2D eigenvalue weighted by atomic mass is 32.2. The van der Waals surface area contributed by atoms with Crippen LogP contribution in [0.5, 0.6) is 0 Å². The second-order valence-corrected chi connectivity index (χ2v) is 8.39. The lowest BCUT2D eigenvalue weighted by Gasteiger charge is -2.10. The number of aromatic amines is 1. The predicted molar refractivity (Wildman–Crippen MR) is 109 cm³/mol. The molecule has 0 aliphatic heterocycles. The minimum Gasteiger partial charge on any atom is -0.464 e. The molecule has 10 heteroatoms. The lowest BCUT2D eigenvalue weighted by molar-refractivity contribution is 0.583. The number of furan rings is 1. The average molecular weight is 410 g/mol. The van der Waals surface area contributed by atoms with E-state index in [9.17, 15) is 4.79 Å². The van der Waals surface area contributed by atoms with Crippen molar-refractivity contribution in [2.45, 2.75) is 17.2 Å². The third kappa shape index (κ3) is 2.72. The van der Waals surface area contributed by atoms with E-state index in [1.54, 1.807) is 23.2 Å². The van der Waals surface area contributed by atoms with E-state index in [2.05, 4.69) is 25.0 Å². The van der Waals surface area contributed by atoms with Crippen LogP contribution in [0.2, 0.25) is 0 Å². The molecule has 0 saturated heterocycles. The van der Waals surface area contributed by atoms with E-state index >= 15 is 0 Å². The first-order chi connectivity index (χ1) is 13.6. The molecule has 5 aromatic heterocycles. The standard InChI is InChI=1S/C18H14N6O2S2/c1-9(28-17-10-6-21-24(2)15(10)19-8-20-17)14-22-16(25)13-11(7-27-18(13)23-14)12-4-3-5-26-12/h3-9H,1-2H3,(H,22,23,25). The van der Waals surface area contributed by atoms with Gasteiger partial charge in [-0.3, -0.25) is 9.48 Å². The summed E-state index contributed by atoms with van der Waals surface area (Å²) in [6.45, 7) is 1.99. The number of nitrogens with one attached hydrogen (secondary N) is 1. The molecule has 0 saturated carbocycles. The Kier molecular flexibility index (Phi) is 4.02. The maximum Gasteiger partial charge on any atom is 0.260 e. The molecule has 1 unspecified atom stereocenters. The van der Waals surface area contributed by atoms with Crippen LogP contribution < -0.4 is 5.56 Å². The van der Waals surface area contributed by atoms with E-state index in [0.29, 0.717) is 21.8 Å². The van der Waals surface area contributed by atoms with Crippen LogP contribution >= 0.6 is 23.1 Å². The van der Waals surface area contributed by atoms with E-state index in [1.165, 1.54) is 29.4 Å². The number of rotatable bonds is 4. The number of fused-ring (bicyclic) bond motifs is 2. The molecular weight excluding hydrogens is 396 g/mol. The number of hydrogen-bond acceptors (Lipinski definition) is 8. The lowest BCUT2D eigenvalue weighted by Crippen LogP contribution is -2.12. The second-order valence-electron chi connectivity index (χ2n) is 6.20. The Morgan fingerprint density at radius 1 is 1.36 bits per heavy atom. The molecule has 0 radical (unpaired) electrons. The molecule has 5 rings (SSSR count). The van der Waals surface area contributed by atoms with Crippen LogP contribution in [0.4, 0.5) is 0 Å². The van der Waals surface area contributed by atoms with Crippen molar-refractivity contribution in [2.24, 2.45) is 7.05 Å². The molecular formula is C18H14N6O2S2. The summed E-state index contributed by atoms with van der Waals surface area (Å²) >= 11 is 2.94. The predicted octanol–water partition coefficient (Wildman–Crippen LogP) is 3.77. The third-order valence-electron chi connectivity index (χ3n) is 4.42. The first kappa shape index (κ1) is 17.1. The van der Waals surface area contributed by atoms with E-state index in [-0.39, 0.29) is 10.8 Å². The summed E-state index contributed by atoms with van der Waals surface area (Å²) in [4.78, 5) is 29.7. The Labute approximate surface area is 166 Å². The molecule has 1 atom stereocenters. The number of aromatic nitrogens is 6. The molecule has 5 heterocycles. The molecule has 0 fully saturated rings. The Balaban J connectivity index is 1.53. The summed E-state index contributed by atoms with van der Waals surface area (Å²) in [5.41, 5.74) is 1.36. The molecule has 5 aromatic rings. The maximum absolute atomic E-state index is 12.8.